The molecule has 3 nitrogen and oxygen atoms in total. The summed E-state index contributed by atoms with van der Waals surface area (Å²) in [6.07, 6.45) is 0.887. The van der Waals surface area contributed by atoms with Crippen molar-refractivity contribution in [3.63, 3.8) is 0 Å². The number of aromatic nitrogens is 1. The number of fused-ring (bicyclic) bond motifs is 1. The van der Waals surface area contributed by atoms with E-state index in [1.165, 1.54) is 22.0 Å². The standard InChI is InChI=1S/C27H30N2O/c1-3-29(4-2)18-19-30-26-17-11-9-15-23(26)27-24(20-21-12-6-5-7-13-21)22-14-8-10-16-25(22)28-27/h5-17,28H,3-4,18-20H2,1-2H3/p+1. The lowest BCUT2D eigenvalue weighted by atomic mass is 9.98. The third-order valence-electron chi connectivity index (χ3n) is 5.91. The highest BCUT2D eigenvalue weighted by Gasteiger charge is 2.17. The highest BCUT2D eigenvalue weighted by Crippen LogP contribution is 2.36. The molecule has 0 atom stereocenters. The van der Waals surface area contributed by atoms with Gasteiger partial charge in [0.2, 0.25) is 0 Å². The molecule has 2 N–H and O–H groups in total. The van der Waals surface area contributed by atoms with Crippen LogP contribution in [-0.2, 0) is 6.42 Å². The number of hydrogen-bond acceptors (Lipinski definition) is 1. The molecule has 0 radical (unpaired) electrons. The second-order valence-corrected chi connectivity index (χ2v) is 7.74. The minimum absolute atomic E-state index is 0.724. The van der Waals surface area contributed by atoms with Gasteiger partial charge in [0.25, 0.3) is 0 Å². The molecule has 3 heteroatoms. The molecule has 154 valence electrons. The Hall–Kier alpha value is -3.04. The van der Waals surface area contributed by atoms with Gasteiger partial charge in [-0.1, -0.05) is 60.7 Å². The number of rotatable bonds is 9. The molecule has 0 spiro atoms. The van der Waals surface area contributed by atoms with Crippen molar-refractivity contribution in [2.45, 2.75) is 20.3 Å². The molecular weight excluding hydrogens is 368 g/mol. The van der Waals surface area contributed by atoms with Crippen LogP contribution in [0, 0.1) is 0 Å². The molecule has 30 heavy (non-hydrogen) atoms. The zero-order chi connectivity index (χ0) is 20.8. The number of aromatic amines is 1. The van der Waals surface area contributed by atoms with Crippen molar-refractivity contribution >= 4 is 10.9 Å². The predicted molar refractivity (Wildman–Crippen MR) is 125 cm³/mol. The van der Waals surface area contributed by atoms with Gasteiger partial charge in [0.15, 0.2) is 0 Å². The average Bonchev–Trinajstić information content (AvgIpc) is 3.16. The molecule has 0 saturated carbocycles. The van der Waals surface area contributed by atoms with Crippen molar-refractivity contribution in [3.05, 3.63) is 90.0 Å². The molecule has 4 rings (SSSR count). The maximum atomic E-state index is 6.29. The van der Waals surface area contributed by atoms with Gasteiger partial charge < -0.3 is 14.6 Å². The lowest BCUT2D eigenvalue weighted by Crippen LogP contribution is -3.12. The number of nitrogens with one attached hydrogen (secondary N) is 2. The third-order valence-corrected chi connectivity index (χ3v) is 5.91. The molecule has 0 saturated heterocycles. The summed E-state index contributed by atoms with van der Waals surface area (Å²) >= 11 is 0. The Balaban J connectivity index is 1.70. The van der Waals surface area contributed by atoms with Crippen molar-refractivity contribution in [3.8, 4) is 17.0 Å². The van der Waals surface area contributed by atoms with Crippen molar-refractivity contribution < 1.29 is 9.64 Å². The SMILES string of the molecule is CC[NH+](CC)CCOc1ccccc1-c1[nH]c2ccccc2c1Cc1ccccc1. The Morgan fingerprint density at radius 1 is 0.800 bits per heavy atom. The fourth-order valence-electron chi connectivity index (χ4n) is 4.12. The highest BCUT2D eigenvalue weighted by molar-refractivity contribution is 5.92. The molecular formula is C27H31N2O+. The van der Waals surface area contributed by atoms with Gasteiger partial charge in [0.1, 0.15) is 18.9 Å². The topological polar surface area (TPSA) is 29.5 Å². The van der Waals surface area contributed by atoms with Crippen LogP contribution in [-0.4, -0.2) is 31.2 Å². The van der Waals surface area contributed by atoms with E-state index in [0.29, 0.717) is 0 Å². The second-order valence-electron chi connectivity index (χ2n) is 7.74. The van der Waals surface area contributed by atoms with Crippen LogP contribution in [0.3, 0.4) is 0 Å². The zero-order valence-corrected chi connectivity index (χ0v) is 17.9. The van der Waals surface area contributed by atoms with Gasteiger partial charge in [-0.25, -0.2) is 0 Å². The molecule has 3 aromatic carbocycles. The van der Waals surface area contributed by atoms with Gasteiger partial charge in [0, 0.05) is 22.9 Å². The minimum Gasteiger partial charge on any atom is -0.487 e. The van der Waals surface area contributed by atoms with E-state index >= 15 is 0 Å². The number of benzene rings is 3. The minimum atomic E-state index is 0.724. The number of ether oxygens (including phenoxy) is 1. The number of likely N-dealkylation sites (N-methyl/N-ethyl adjacent to an activating group) is 1. The second kappa shape index (κ2) is 9.64. The Morgan fingerprint density at radius 3 is 2.30 bits per heavy atom. The van der Waals surface area contributed by atoms with E-state index in [0.717, 1.165) is 49.7 Å². The first-order valence-electron chi connectivity index (χ1n) is 11.0. The molecule has 1 aromatic heterocycles. The number of hydrogen-bond donors (Lipinski definition) is 2. The van der Waals surface area contributed by atoms with E-state index in [1.807, 2.05) is 0 Å². The van der Waals surface area contributed by atoms with Crippen LogP contribution in [0.5, 0.6) is 5.75 Å². The lowest BCUT2D eigenvalue weighted by molar-refractivity contribution is -0.896. The molecule has 0 aliphatic carbocycles. The van der Waals surface area contributed by atoms with Gasteiger partial charge in [-0.2, -0.15) is 0 Å². The van der Waals surface area contributed by atoms with E-state index in [9.17, 15) is 0 Å². The van der Waals surface area contributed by atoms with Crippen LogP contribution < -0.4 is 9.64 Å². The molecule has 0 aliphatic heterocycles. The summed E-state index contributed by atoms with van der Waals surface area (Å²) in [5.74, 6) is 0.949. The van der Waals surface area contributed by atoms with Crippen LogP contribution in [0.2, 0.25) is 0 Å². The Labute approximate surface area is 179 Å². The Morgan fingerprint density at radius 2 is 1.50 bits per heavy atom. The number of para-hydroxylation sites is 2. The molecule has 1 heterocycles. The van der Waals surface area contributed by atoms with E-state index < -0.39 is 0 Å². The summed E-state index contributed by atoms with van der Waals surface area (Å²) in [5, 5.41) is 1.28. The molecule has 0 bridgehead atoms. The summed E-state index contributed by atoms with van der Waals surface area (Å²) in [6.45, 7) is 8.46. The monoisotopic (exact) mass is 399 g/mol. The average molecular weight is 400 g/mol. The fraction of sp³-hybridized carbons (Fsp3) is 0.259. The van der Waals surface area contributed by atoms with Gasteiger partial charge >= 0.3 is 0 Å². The molecule has 0 aliphatic rings. The van der Waals surface area contributed by atoms with Gasteiger partial charge in [0.05, 0.1) is 18.8 Å². The van der Waals surface area contributed by atoms with Crippen LogP contribution in [0.25, 0.3) is 22.2 Å². The fourth-order valence-corrected chi connectivity index (χ4v) is 4.12. The Bertz CT molecular complexity index is 1080. The van der Waals surface area contributed by atoms with E-state index in [1.54, 1.807) is 4.90 Å². The summed E-state index contributed by atoms with van der Waals surface area (Å²) < 4.78 is 6.29. The zero-order valence-electron chi connectivity index (χ0n) is 17.9. The van der Waals surface area contributed by atoms with E-state index in [-0.39, 0.29) is 0 Å². The van der Waals surface area contributed by atoms with E-state index in [2.05, 4.69) is 97.7 Å². The maximum absolute atomic E-state index is 6.29. The van der Waals surface area contributed by atoms with Crippen LogP contribution in [0.15, 0.2) is 78.9 Å². The van der Waals surface area contributed by atoms with Crippen molar-refractivity contribution in [1.29, 1.82) is 0 Å². The molecule has 0 unspecified atom stereocenters. The first kappa shape index (κ1) is 20.2. The number of quaternary nitrogens is 1. The van der Waals surface area contributed by atoms with Gasteiger partial charge in [-0.05, 0) is 43.2 Å². The van der Waals surface area contributed by atoms with E-state index in [4.69, 9.17) is 4.74 Å². The molecule has 0 amide bonds. The number of H-pyrrole nitrogens is 1. The predicted octanol–water partition coefficient (Wildman–Crippen LogP) is 4.73. The summed E-state index contributed by atoms with van der Waals surface area (Å²) in [5.41, 5.74) is 6.09. The van der Waals surface area contributed by atoms with Crippen LogP contribution in [0.1, 0.15) is 25.0 Å². The first-order chi connectivity index (χ1) is 14.8. The van der Waals surface area contributed by atoms with Crippen LogP contribution >= 0.6 is 0 Å². The maximum Gasteiger partial charge on any atom is 0.137 e. The highest BCUT2D eigenvalue weighted by atomic mass is 16.5. The Kier molecular flexibility index (Phi) is 6.50. The summed E-state index contributed by atoms with van der Waals surface area (Å²) in [6, 6.07) is 27.6. The van der Waals surface area contributed by atoms with Gasteiger partial charge in [-0.3, -0.25) is 0 Å². The lowest BCUT2D eigenvalue weighted by Gasteiger charge is -2.17. The van der Waals surface area contributed by atoms with Gasteiger partial charge in [-0.15, -0.1) is 0 Å². The van der Waals surface area contributed by atoms with Crippen molar-refractivity contribution in [2.75, 3.05) is 26.2 Å². The van der Waals surface area contributed by atoms with Crippen LogP contribution in [0.4, 0.5) is 0 Å². The van der Waals surface area contributed by atoms with Crippen molar-refractivity contribution in [2.24, 2.45) is 0 Å². The molecule has 0 fully saturated rings. The summed E-state index contributed by atoms with van der Waals surface area (Å²) in [4.78, 5) is 5.24. The molecule has 4 aromatic rings. The third kappa shape index (κ3) is 4.42. The summed E-state index contributed by atoms with van der Waals surface area (Å²) in [7, 11) is 0. The van der Waals surface area contributed by atoms with Crippen molar-refractivity contribution in [1.82, 2.24) is 4.98 Å². The normalized spacial score (nSPS) is 11.3. The largest absolute Gasteiger partial charge is 0.487 e. The quantitative estimate of drug-likeness (QED) is 0.419. The smallest absolute Gasteiger partial charge is 0.137 e. The first-order valence-corrected chi connectivity index (χ1v) is 11.0.